The van der Waals surface area contributed by atoms with Crippen molar-refractivity contribution < 1.29 is 24.0 Å². The number of amides is 5. The molecular weight excluding hydrogens is 534 g/mol. The topological polar surface area (TPSA) is 137 Å². The summed E-state index contributed by atoms with van der Waals surface area (Å²) < 4.78 is 0. The van der Waals surface area contributed by atoms with Crippen molar-refractivity contribution in [3.05, 3.63) is 12.7 Å². The van der Waals surface area contributed by atoms with E-state index in [1.807, 2.05) is 13.8 Å². The molecule has 0 aromatic carbocycles. The summed E-state index contributed by atoms with van der Waals surface area (Å²) in [4.78, 5) is 63.8. The van der Waals surface area contributed by atoms with Crippen LogP contribution in [-0.4, -0.2) is 73.7 Å². The Morgan fingerprint density at radius 3 is 2.17 bits per heavy atom. The molecule has 1 fully saturated rings. The molecule has 1 aliphatic carbocycles. The van der Waals surface area contributed by atoms with Crippen LogP contribution in [0.3, 0.4) is 0 Å². The van der Waals surface area contributed by atoms with Crippen LogP contribution < -0.4 is 21.3 Å². The zero-order valence-corrected chi connectivity index (χ0v) is 27.2. The highest BCUT2D eigenvalue weighted by Gasteiger charge is 2.41. The van der Waals surface area contributed by atoms with Gasteiger partial charge >= 0.3 is 6.03 Å². The van der Waals surface area contributed by atoms with Crippen LogP contribution in [0.2, 0.25) is 0 Å². The van der Waals surface area contributed by atoms with Gasteiger partial charge in [-0.2, -0.15) is 0 Å². The maximum absolute atomic E-state index is 13.3. The number of carbonyl (C=O) groups is 5. The molecule has 42 heavy (non-hydrogen) atoms. The molecule has 0 aliphatic heterocycles. The van der Waals surface area contributed by atoms with Crippen molar-refractivity contribution >= 4 is 29.5 Å². The highest BCUT2D eigenvalue weighted by molar-refractivity contribution is 6.38. The maximum atomic E-state index is 13.3. The van der Waals surface area contributed by atoms with Crippen molar-refractivity contribution in [2.45, 2.75) is 117 Å². The lowest BCUT2D eigenvalue weighted by Crippen LogP contribution is -2.57. The molecule has 1 rings (SSSR count). The van der Waals surface area contributed by atoms with Gasteiger partial charge in [0.2, 0.25) is 17.6 Å². The first-order chi connectivity index (χ1) is 20.0. The van der Waals surface area contributed by atoms with Crippen LogP contribution in [0.1, 0.15) is 105 Å². The van der Waals surface area contributed by atoms with Crippen molar-refractivity contribution in [2.24, 2.45) is 5.41 Å². The molecule has 10 nitrogen and oxygen atoms in total. The third-order valence-electron chi connectivity index (χ3n) is 6.83. The lowest BCUT2D eigenvalue weighted by atomic mass is 9.70. The lowest BCUT2D eigenvalue weighted by Gasteiger charge is -2.41. The zero-order chi connectivity index (χ0) is 32.6. The number of rotatable bonds is 15. The minimum Gasteiger partial charge on any atom is -0.346 e. The third-order valence-corrected chi connectivity index (χ3v) is 6.83. The first-order valence-electron chi connectivity index (χ1n) is 15.4. The zero-order valence-electron chi connectivity index (χ0n) is 27.2. The second-order valence-electron chi connectivity index (χ2n) is 10.5. The van der Waals surface area contributed by atoms with Crippen molar-refractivity contribution in [3.63, 3.8) is 0 Å². The van der Waals surface area contributed by atoms with Gasteiger partial charge in [0.15, 0.2) is 0 Å². The molecule has 0 heterocycles. The van der Waals surface area contributed by atoms with Crippen molar-refractivity contribution in [2.75, 3.05) is 27.2 Å². The molecular formula is C32H57N5O5. The predicted molar refractivity (Wildman–Crippen MR) is 170 cm³/mol. The molecule has 0 bridgehead atoms. The normalized spacial score (nSPS) is 14.4. The number of unbranched alkanes of at least 4 members (excludes halogenated alkanes) is 1. The number of Topliss-reactive ketones (excluding diaryl/α,β-unsaturated/α-hetero) is 1. The Morgan fingerprint density at radius 2 is 1.64 bits per heavy atom. The minimum atomic E-state index is -0.995. The monoisotopic (exact) mass is 591 g/mol. The number of urea groups is 1. The fourth-order valence-corrected chi connectivity index (χ4v) is 4.52. The molecule has 2 atom stereocenters. The van der Waals surface area contributed by atoms with Gasteiger partial charge in [-0.3, -0.25) is 19.2 Å². The molecule has 0 spiro atoms. The first-order valence-corrected chi connectivity index (χ1v) is 15.4. The fourth-order valence-electron chi connectivity index (χ4n) is 4.52. The van der Waals surface area contributed by atoms with E-state index < -0.39 is 23.8 Å². The number of nitrogens with zero attached hydrogens (tertiary/aromatic N) is 1. The molecule has 1 aliphatic rings. The molecule has 5 amide bonds. The summed E-state index contributed by atoms with van der Waals surface area (Å²) in [6.07, 6.45) is 14.5. The van der Waals surface area contributed by atoms with E-state index in [9.17, 15) is 24.0 Å². The van der Waals surface area contributed by atoms with Crippen molar-refractivity contribution in [1.29, 1.82) is 0 Å². The number of likely N-dealkylation sites (N-methyl/N-ethyl adjacent to an activating group) is 1. The molecule has 1 saturated carbocycles. The Balaban J connectivity index is 0. The Labute approximate surface area is 254 Å². The van der Waals surface area contributed by atoms with Crippen LogP contribution in [0.15, 0.2) is 12.7 Å². The fraction of sp³-hybridized carbons (Fsp3) is 0.719. The average Bonchev–Trinajstić information content (AvgIpc) is 2.99. The molecule has 4 N–H and O–H groups in total. The Morgan fingerprint density at radius 1 is 1.05 bits per heavy atom. The summed E-state index contributed by atoms with van der Waals surface area (Å²) in [6, 6.07) is -2.01. The number of ketones is 1. The highest BCUT2D eigenvalue weighted by Crippen LogP contribution is 2.39. The molecule has 2 unspecified atom stereocenters. The Kier molecular flexibility index (Phi) is 23.6. The van der Waals surface area contributed by atoms with Crippen LogP contribution in [0.4, 0.5) is 4.79 Å². The Bertz CT molecular complexity index is 877. The van der Waals surface area contributed by atoms with E-state index in [1.165, 1.54) is 19.5 Å². The second kappa shape index (κ2) is 24.3. The second-order valence-corrected chi connectivity index (χ2v) is 10.5. The third kappa shape index (κ3) is 16.2. The smallest absolute Gasteiger partial charge is 0.315 e. The van der Waals surface area contributed by atoms with Gasteiger partial charge in [0.25, 0.3) is 5.91 Å². The van der Waals surface area contributed by atoms with Crippen LogP contribution >= 0.6 is 0 Å². The van der Waals surface area contributed by atoms with E-state index in [0.717, 1.165) is 32.1 Å². The van der Waals surface area contributed by atoms with E-state index >= 15 is 0 Å². The summed E-state index contributed by atoms with van der Waals surface area (Å²) in [5.41, 5.74) is -0.312. The molecule has 0 saturated heterocycles. The lowest BCUT2D eigenvalue weighted by molar-refractivity contribution is -0.140. The quantitative estimate of drug-likeness (QED) is 0.0984. The summed E-state index contributed by atoms with van der Waals surface area (Å²) >= 11 is 0. The molecule has 10 heteroatoms. The summed E-state index contributed by atoms with van der Waals surface area (Å²) in [6.45, 7) is 14.3. The largest absolute Gasteiger partial charge is 0.346 e. The Hall–Kier alpha value is -3.35. The van der Waals surface area contributed by atoms with E-state index in [-0.39, 0.29) is 49.1 Å². The van der Waals surface area contributed by atoms with Crippen LogP contribution in [0.5, 0.6) is 0 Å². The van der Waals surface area contributed by atoms with Gasteiger partial charge in [0.1, 0.15) is 6.04 Å². The van der Waals surface area contributed by atoms with Gasteiger partial charge in [-0.15, -0.1) is 18.9 Å². The summed E-state index contributed by atoms with van der Waals surface area (Å²) in [5.74, 6) is 0.354. The van der Waals surface area contributed by atoms with E-state index in [4.69, 9.17) is 6.42 Å². The number of hydrogen-bond donors (Lipinski definition) is 4. The van der Waals surface area contributed by atoms with Crippen LogP contribution in [0, 0.1) is 17.8 Å². The first kappa shape index (κ1) is 40.8. The van der Waals surface area contributed by atoms with Gasteiger partial charge in [-0.1, -0.05) is 66.4 Å². The van der Waals surface area contributed by atoms with Gasteiger partial charge < -0.3 is 26.2 Å². The van der Waals surface area contributed by atoms with Gasteiger partial charge in [0.05, 0.1) is 6.04 Å². The molecule has 0 radical (unpaired) electrons. The number of nitrogens with one attached hydrogen (secondary N) is 4. The SMILES string of the molecule is C#CCCC(NC(=O)CCCCN(C)C(=O)C(NC(=O)NC)C1(C)CCCCC1)C(=O)C(=O)NCC=C.CC.CCC. The van der Waals surface area contributed by atoms with E-state index in [1.54, 1.807) is 11.9 Å². The van der Waals surface area contributed by atoms with Gasteiger partial charge in [0, 0.05) is 40.0 Å². The maximum Gasteiger partial charge on any atom is 0.315 e. The minimum absolute atomic E-state index is 0.133. The predicted octanol–water partition coefficient (Wildman–Crippen LogP) is 4.10. The van der Waals surface area contributed by atoms with Gasteiger partial charge in [-0.05, 0) is 37.5 Å². The molecule has 0 aromatic heterocycles. The molecule has 240 valence electrons. The van der Waals surface area contributed by atoms with Crippen LogP contribution in [-0.2, 0) is 19.2 Å². The highest BCUT2D eigenvalue weighted by atomic mass is 16.2. The van der Waals surface area contributed by atoms with E-state index in [0.29, 0.717) is 19.4 Å². The van der Waals surface area contributed by atoms with Crippen molar-refractivity contribution in [1.82, 2.24) is 26.2 Å². The number of carbonyl (C=O) groups excluding carboxylic acids is 5. The number of hydrogen-bond acceptors (Lipinski definition) is 5. The summed E-state index contributed by atoms with van der Waals surface area (Å²) in [7, 11) is 3.22. The van der Waals surface area contributed by atoms with Crippen LogP contribution in [0.25, 0.3) is 0 Å². The van der Waals surface area contributed by atoms with Crippen molar-refractivity contribution in [3.8, 4) is 12.3 Å². The number of terminal acetylenes is 1. The summed E-state index contributed by atoms with van der Waals surface area (Å²) in [5, 5.41) is 10.4. The van der Waals surface area contributed by atoms with E-state index in [2.05, 4.69) is 54.5 Å². The molecule has 0 aromatic rings. The average molecular weight is 592 g/mol. The van der Waals surface area contributed by atoms with Gasteiger partial charge in [-0.25, -0.2) is 4.79 Å². The standard InChI is InChI=1S/C27H43N5O5.C3H8.C2H6/c1-6-8-14-20(22(34)24(35)29-18-7-2)30-21(33)15-10-13-19-32(5)25(36)23(31-26(37)28-4)27(3)16-11-9-12-17-27;1-3-2;1-2/h1,7,20,23H,2,8-19H2,3-5H3,(H,29,35)(H,30,33)(H2,28,31,37);3H2,1-2H3;1-2H3.